The van der Waals surface area contributed by atoms with Gasteiger partial charge in [-0.15, -0.1) is 0 Å². The van der Waals surface area contributed by atoms with E-state index in [4.69, 9.17) is 11.6 Å². The Hall–Kier alpha value is -0.740. The third-order valence-corrected chi connectivity index (χ3v) is 1.01. The molecule has 0 N–H and O–H groups in total. The lowest BCUT2D eigenvalue weighted by molar-refractivity contribution is -0.222. The second-order valence-electron chi connectivity index (χ2n) is 1.66. The lowest BCUT2D eigenvalue weighted by Gasteiger charge is -1.95. The van der Waals surface area contributed by atoms with E-state index >= 15 is 0 Å². The molecule has 4 nitrogen and oxygen atoms in total. The second-order valence-corrected chi connectivity index (χ2v) is 1.97. The zero-order valence-electron chi connectivity index (χ0n) is 5.00. The van der Waals surface area contributed by atoms with Crippen molar-refractivity contribution in [1.82, 2.24) is 0 Å². The van der Waals surface area contributed by atoms with E-state index in [-0.39, 0.29) is 6.61 Å². The smallest absolute Gasteiger partial charge is 0.404 e. The van der Waals surface area contributed by atoms with E-state index in [1.165, 1.54) is 6.26 Å². The van der Waals surface area contributed by atoms with E-state index in [1.54, 1.807) is 0 Å². The molecule has 0 aliphatic carbocycles. The summed E-state index contributed by atoms with van der Waals surface area (Å²) in [7, 11) is 0. The number of ether oxygens (including phenoxy) is 1. The number of halogens is 1. The molecule has 5 heteroatoms. The summed E-state index contributed by atoms with van der Waals surface area (Å²) in [4.78, 5) is 18.9. The third kappa shape index (κ3) is 2.24. The van der Waals surface area contributed by atoms with Crippen molar-refractivity contribution in [1.29, 1.82) is 0 Å². The van der Waals surface area contributed by atoms with Crippen molar-refractivity contribution in [2.24, 2.45) is 0 Å². The maximum Gasteiger partial charge on any atom is 0.404 e. The third-order valence-electron chi connectivity index (χ3n) is 0.898. The zero-order valence-corrected chi connectivity index (χ0v) is 5.76. The van der Waals surface area contributed by atoms with Crippen molar-refractivity contribution < 1.29 is 19.3 Å². The molecule has 0 bridgehead atoms. The Kier molecular flexibility index (Phi) is 2.53. The van der Waals surface area contributed by atoms with Crippen LogP contribution in [-0.2, 0) is 14.5 Å². The van der Waals surface area contributed by atoms with Crippen LogP contribution in [0, 0.1) is 0 Å². The highest BCUT2D eigenvalue weighted by atomic mass is 35.5. The van der Waals surface area contributed by atoms with Gasteiger partial charge in [-0.25, -0.2) is 4.79 Å². The first kappa shape index (κ1) is 7.37. The highest BCUT2D eigenvalue weighted by Crippen LogP contribution is 2.06. The fraction of sp³-hybridized carbons (Fsp3) is 0.400. The zero-order chi connectivity index (χ0) is 7.40. The lowest BCUT2D eigenvalue weighted by Crippen LogP contribution is -2.01. The van der Waals surface area contributed by atoms with Crippen LogP contribution in [0.5, 0.6) is 0 Å². The van der Waals surface area contributed by atoms with E-state index in [0.29, 0.717) is 6.61 Å². The Labute approximate surface area is 62.2 Å². The van der Waals surface area contributed by atoms with Gasteiger partial charge in [-0.1, -0.05) is 0 Å². The largest absolute Gasteiger partial charge is 0.449 e. The van der Waals surface area contributed by atoms with Gasteiger partial charge in [-0.05, 0) is 0 Å². The Morgan fingerprint density at radius 3 is 3.20 bits per heavy atom. The van der Waals surface area contributed by atoms with Crippen LogP contribution in [0.2, 0.25) is 0 Å². The van der Waals surface area contributed by atoms with Gasteiger partial charge in [-0.3, -0.25) is 0 Å². The maximum atomic E-state index is 10.0. The number of hydrogen-bond donors (Lipinski definition) is 0. The van der Waals surface area contributed by atoms with Gasteiger partial charge in [0.05, 0.1) is 0 Å². The van der Waals surface area contributed by atoms with Crippen LogP contribution in [0.4, 0.5) is 4.79 Å². The molecule has 1 heterocycles. The molecular weight excluding hydrogens is 160 g/mol. The molecule has 0 aromatic carbocycles. The highest BCUT2D eigenvalue weighted by Gasteiger charge is 2.08. The molecule has 56 valence electrons. The molecule has 1 aliphatic heterocycles. The highest BCUT2D eigenvalue weighted by molar-refractivity contribution is 6.61. The molecule has 0 atom stereocenters. The van der Waals surface area contributed by atoms with Gasteiger partial charge < -0.3 is 9.62 Å². The maximum absolute atomic E-state index is 10.0. The summed E-state index contributed by atoms with van der Waals surface area (Å²) in [5.74, 6) is 0. The number of carbonyl (C=O) groups is 1. The lowest BCUT2D eigenvalue weighted by atomic mass is 10.3. The summed E-state index contributed by atoms with van der Waals surface area (Å²) in [6, 6.07) is 0. The standard InChI is InChI=1S/C5H5ClO4/c6-5(7)8-1-4-2-9-10-3-4/h2H,1,3H2. The number of carbonyl (C=O) groups excluding carboxylic acids is 1. The summed E-state index contributed by atoms with van der Waals surface area (Å²) < 4.78 is 4.42. The minimum atomic E-state index is -0.826. The predicted octanol–water partition coefficient (Wildman–Crippen LogP) is 1.21. The summed E-state index contributed by atoms with van der Waals surface area (Å²) in [5.41, 5.74) is -0.0817. The predicted molar refractivity (Wildman–Crippen MR) is 32.3 cm³/mol. The van der Waals surface area contributed by atoms with E-state index in [1.807, 2.05) is 0 Å². The molecule has 0 amide bonds. The van der Waals surface area contributed by atoms with Crippen molar-refractivity contribution in [3.63, 3.8) is 0 Å². The van der Waals surface area contributed by atoms with Gasteiger partial charge in [0, 0.05) is 17.2 Å². The molecule has 0 unspecified atom stereocenters. The molecule has 10 heavy (non-hydrogen) atoms. The first-order valence-electron chi connectivity index (χ1n) is 2.57. The van der Waals surface area contributed by atoms with Crippen molar-refractivity contribution >= 4 is 17.0 Å². The molecule has 0 fully saturated rings. The summed E-state index contributed by atoms with van der Waals surface area (Å²) >= 11 is 4.89. The number of hydrogen-bond acceptors (Lipinski definition) is 4. The first-order chi connectivity index (χ1) is 4.79. The van der Waals surface area contributed by atoms with Crippen LogP contribution >= 0.6 is 11.6 Å². The quantitative estimate of drug-likeness (QED) is 0.455. The first-order valence-corrected chi connectivity index (χ1v) is 2.95. The van der Waals surface area contributed by atoms with Crippen LogP contribution in [-0.4, -0.2) is 18.6 Å². The summed E-state index contributed by atoms with van der Waals surface area (Å²) in [6.45, 7) is 0.451. The Morgan fingerprint density at radius 1 is 1.90 bits per heavy atom. The minimum absolute atomic E-state index is 0.127. The van der Waals surface area contributed by atoms with Crippen molar-refractivity contribution in [3.05, 3.63) is 11.8 Å². The average molecular weight is 165 g/mol. The molecular formula is C5H5ClO4. The number of rotatable bonds is 2. The van der Waals surface area contributed by atoms with Gasteiger partial charge in [0.2, 0.25) is 0 Å². The molecule has 0 spiro atoms. The Morgan fingerprint density at radius 2 is 2.70 bits per heavy atom. The van der Waals surface area contributed by atoms with Gasteiger partial charge in [0.15, 0.2) is 0 Å². The molecule has 1 aliphatic rings. The molecule has 0 saturated carbocycles. The molecule has 0 radical (unpaired) electrons. The van der Waals surface area contributed by atoms with E-state index in [9.17, 15) is 4.79 Å². The SMILES string of the molecule is O=C(Cl)OCC1=COOC1. The van der Waals surface area contributed by atoms with Crippen molar-refractivity contribution in [2.45, 2.75) is 0 Å². The molecule has 0 saturated heterocycles. The van der Waals surface area contributed by atoms with E-state index < -0.39 is 5.43 Å². The summed E-state index contributed by atoms with van der Waals surface area (Å²) in [5, 5.41) is 0. The van der Waals surface area contributed by atoms with Crippen LogP contribution in [0.3, 0.4) is 0 Å². The van der Waals surface area contributed by atoms with Crippen LogP contribution in [0.25, 0.3) is 0 Å². The molecule has 0 aromatic rings. The van der Waals surface area contributed by atoms with Crippen molar-refractivity contribution in [2.75, 3.05) is 13.2 Å². The Bertz CT molecular complexity index is 165. The van der Waals surface area contributed by atoms with E-state index in [0.717, 1.165) is 5.57 Å². The molecule has 1 rings (SSSR count). The van der Waals surface area contributed by atoms with E-state index in [2.05, 4.69) is 14.5 Å². The minimum Gasteiger partial charge on any atom is -0.449 e. The Balaban J connectivity index is 2.19. The fourth-order valence-electron chi connectivity index (χ4n) is 0.471. The average Bonchev–Trinajstić information content (AvgIpc) is 2.34. The van der Waals surface area contributed by atoms with Gasteiger partial charge >= 0.3 is 5.43 Å². The summed E-state index contributed by atoms with van der Waals surface area (Å²) in [6.07, 6.45) is 1.37. The fourth-order valence-corrected chi connectivity index (χ4v) is 0.525. The monoisotopic (exact) mass is 164 g/mol. The van der Waals surface area contributed by atoms with Crippen LogP contribution < -0.4 is 0 Å². The van der Waals surface area contributed by atoms with Crippen molar-refractivity contribution in [3.8, 4) is 0 Å². The topological polar surface area (TPSA) is 44.8 Å². The van der Waals surface area contributed by atoms with Gasteiger partial charge in [0.25, 0.3) is 0 Å². The van der Waals surface area contributed by atoms with Gasteiger partial charge in [-0.2, -0.15) is 4.89 Å². The second kappa shape index (κ2) is 3.43. The van der Waals surface area contributed by atoms with Crippen LogP contribution in [0.1, 0.15) is 0 Å². The van der Waals surface area contributed by atoms with Crippen LogP contribution in [0.15, 0.2) is 11.8 Å². The molecule has 0 aromatic heterocycles. The normalized spacial score (nSPS) is 15.9. The van der Waals surface area contributed by atoms with Gasteiger partial charge in [0.1, 0.15) is 19.5 Å².